The fourth-order valence-corrected chi connectivity index (χ4v) is 2.14. The second-order valence-corrected chi connectivity index (χ2v) is 4.82. The molecule has 20 heavy (non-hydrogen) atoms. The number of ether oxygens (including phenoxy) is 1. The molecule has 1 saturated carbocycles. The standard InChI is InChI=1S/C15H14N2O3/c1-20-15(19)11-6-7-12(17-14(18)9-4-5-9)13-10(11)3-2-8-16-13/h2-3,6-9H,4-5H2,1H3,(H,17,18). The molecule has 0 atom stereocenters. The minimum atomic E-state index is -0.414. The Bertz CT molecular complexity index is 693. The Hall–Kier alpha value is -2.43. The fraction of sp³-hybridized carbons (Fsp3) is 0.267. The number of fused-ring (bicyclic) bond motifs is 1. The van der Waals surface area contributed by atoms with E-state index in [1.807, 2.05) is 0 Å². The lowest BCUT2D eigenvalue weighted by molar-refractivity contribution is -0.117. The van der Waals surface area contributed by atoms with Crippen molar-refractivity contribution < 1.29 is 14.3 Å². The molecule has 1 N–H and O–H groups in total. The van der Waals surface area contributed by atoms with E-state index < -0.39 is 5.97 Å². The predicted octanol–water partition coefficient (Wildman–Crippen LogP) is 2.37. The van der Waals surface area contributed by atoms with Gasteiger partial charge in [-0.05, 0) is 31.0 Å². The van der Waals surface area contributed by atoms with Gasteiger partial charge in [-0.25, -0.2) is 4.79 Å². The predicted molar refractivity (Wildman–Crippen MR) is 74.4 cm³/mol. The maximum atomic E-state index is 11.9. The smallest absolute Gasteiger partial charge is 0.338 e. The van der Waals surface area contributed by atoms with Gasteiger partial charge in [0.1, 0.15) is 0 Å². The van der Waals surface area contributed by atoms with Crippen LogP contribution in [-0.2, 0) is 9.53 Å². The average Bonchev–Trinajstić information content (AvgIpc) is 3.31. The molecule has 1 aliphatic carbocycles. The number of methoxy groups -OCH3 is 1. The molecule has 5 nitrogen and oxygen atoms in total. The molecule has 0 saturated heterocycles. The molecule has 0 radical (unpaired) electrons. The highest BCUT2D eigenvalue weighted by molar-refractivity contribution is 6.09. The monoisotopic (exact) mass is 270 g/mol. The molecular formula is C15H14N2O3. The average molecular weight is 270 g/mol. The minimum Gasteiger partial charge on any atom is -0.465 e. The Morgan fingerprint density at radius 1 is 1.30 bits per heavy atom. The highest BCUT2D eigenvalue weighted by atomic mass is 16.5. The zero-order valence-electron chi connectivity index (χ0n) is 11.1. The molecule has 102 valence electrons. The maximum absolute atomic E-state index is 11.9. The summed E-state index contributed by atoms with van der Waals surface area (Å²) in [5.41, 5.74) is 1.68. The number of nitrogens with zero attached hydrogens (tertiary/aromatic N) is 1. The molecule has 1 aliphatic rings. The summed E-state index contributed by atoms with van der Waals surface area (Å²) in [5, 5.41) is 3.55. The lowest BCUT2D eigenvalue weighted by atomic mass is 10.1. The summed E-state index contributed by atoms with van der Waals surface area (Å²) >= 11 is 0. The second kappa shape index (κ2) is 4.92. The number of benzene rings is 1. The van der Waals surface area contributed by atoms with Crippen LogP contribution in [0.25, 0.3) is 10.9 Å². The van der Waals surface area contributed by atoms with Crippen molar-refractivity contribution in [1.29, 1.82) is 0 Å². The Kier molecular flexibility index (Phi) is 3.10. The summed E-state index contributed by atoms with van der Waals surface area (Å²) in [4.78, 5) is 27.9. The van der Waals surface area contributed by atoms with Crippen LogP contribution in [0.5, 0.6) is 0 Å². The van der Waals surface area contributed by atoms with E-state index in [0.29, 0.717) is 22.2 Å². The third-order valence-electron chi connectivity index (χ3n) is 3.38. The van der Waals surface area contributed by atoms with Crippen molar-refractivity contribution in [3.05, 3.63) is 36.0 Å². The third-order valence-corrected chi connectivity index (χ3v) is 3.38. The van der Waals surface area contributed by atoms with E-state index in [4.69, 9.17) is 4.74 Å². The van der Waals surface area contributed by atoms with Crippen molar-refractivity contribution in [1.82, 2.24) is 4.98 Å². The molecule has 1 amide bonds. The summed E-state index contributed by atoms with van der Waals surface area (Å²) in [6, 6.07) is 6.89. The summed E-state index contributed by atoms with van der Waals surface area (Å²) in [5.74, 6) is -0.278. The summed E-state index contributed by atoms with van der Waals surface area (Å²) in [6.07, 6.45) is 3.52. The third kappa shape index (κ3) is 2.22. The highest BCUT2D eigenvalue weighted by Gasteiger charge is 2.30. The second-order valence-electron chi connectivity index (χ2n) is 4.82. The first-order valence-electron chi connectivity index (χ1n) is 6.47. The molecule has 3 rings (SSSR count). The molecule has 0 unspecified atom stereocenters. The number of pyridine rings is 1. The van der Waals surface area contributed by atoms with Gasteiger partial charge in [0.05, 0.1) is 23.9 Å². The Morgan fingerprint density at radius 2 is 2.10 bits per heavy atom. The summed E-state index contributed by atoms with van der Waals surface area (Å²) in [7, 11) is 1.34. The first-order valence-corrected chi connectivity index (χ1v) is 6.47. The van der Waals surface area contributed by atoms with E-state index in [0.717, 1.165) is 12.8 Å². The number of hydrogen-bond donors (Lipinski definition) is 1. The van der Waals surface area contributed by atoms with Crippen LogP contribution in [0.15, 0.2) is 30.5 Å². The van der Waals surface area contributed by atoms with E-state index in [2.05, 4.69) is 10.3 Å². The molecule has 2 aromatic rings. The van der Waals surface area contributed by atoms with Gasteiger partial charge in [-0.3, -0.25) is 9.78 Å². The number of aromatic nitrogens is 1. The van der Waals surface area contributed by atoms with Crippen LogP contribution in [0.1, 0.15) is 23.2 Å². The van der Waals surface area contributed by atoms with E-state index in [-0.39, 0.29) is 11.8 Å². The van der Waals surface area contributed by atoms with Gasteiger partial charge in [0, 0.05) is 17.5 Å². The lowest BCUT2D eigenvalue weighted by Crippen LogP contribution is -2.14. The molecular weight excluding hydrogens is 256 g/mol. The van der Waals surface area contributed by atoms with Gasteiger partial charge in [0.15, 0.2) is 0 Å². The fourth-order valence-electron chi connectivity index (χ4n) is 2.14. The van der Waals surface area contributed by atoms with E-state index in [9.17, 15) is 9.59 Å². The van der Waals surface area contributed by atoms with Gasteiger partial charge in [0.25, 0.3) is 0 Å². The van der Waals surface area contributed by atoms with Crippen molar-refractivity contribution in [2.75, 3.05) is 12.4 Å². The van der Waals surface area contributed by atoms with Crippen LogP contribution in [0, 0.1) is 5.92 Å². The SMILES string of the molecule is COC(=O)c1ccc(NC(=O)C2CC2)c2ncccc12. The van der Waals surface area contributed by atoms with Gasteiger partial charge in [-0.15, -0.1) is 0 Å². The van der Waals surface area contributed by atoms with Crippen molar-refractivity contribution in [2.24, 2.45) is 5.92 Å². The Morgan fingerprint density at radius 3 is 2.80 bits per heavy atom. The van der Waals surface area contributed by atoms with E-state index in [1.165, 1.54) is 7.11 Å². The van der Waals surface area contributed by atoms with Crippen LogP contribution < -0.4 is 5.32 Å². The quantitative estimate of drug-likeness (QED) is 0.869. The van der Waals surface area contributed by atoms with Gasteiger partial charge in [-0.2, -0.15) is 0 Å². The van der Waals surface area contributed by atoms with E-state index in [1.54, 1.807) is 30.5 Å². The molecule has 5 heteroatoms. The van der Waals surface area contributed by atoms with E-state index >= 15 is 0 Å². The topological polar surface area (TPSA) is 68.3 Å². The van der Waals surface area contributed by atoms with Gasteiger partial charge in [0.2, 0.25) is 5.91 Å². The van der Waals surface area contributed by atoms with Crippen molar-refractivity contribution in [3.8, 4) is 0 Å². The number of nitrogens with one attached hydrogen (secondary N) is 1. The number of esters is 1. The van der Waals surface area contributed by atoms with Crippen LogP contribution in [-0.4, -0.2) is 24.0 Å². The zero-order valence-corrected chi connectivity index (χ0v) is 11.1. The number of rotatable bonds is 3. The maximum Gasteiger partial charge on any atom is 0.338 e. The van der Waals surface area contributed by atoms with Crippen LogP contribution in [0.3, 0.4) is 0 Å². The summed E-state index contributed by atoms with van der Waals surface area (Å²) in [6.45, 7) is 0. The Balaban J connectivity index is 2.05. The number of carbonyl (C=O) groups is 2. The van der Waals surface area contributed by atoms with Crippen molar-refractivity contribution >= 4 is 28.5 Å². The van der Waals surface area contributed by atoms with Crippen LogP contribution in [0.4, 0.5) is 5.69 Å². The molecule has 1 fully saturated rings. The molecule has 1 heterocycles. The van der Waals surface area contributed by atoms with Crippen LogP contribution >= 0.6 is 0 Å². The number of anilines is 1. The zero-order chi connectivity index (χ0) is 14.1. The van der Waals surface area contributed by atoms with Gasteiger partial charge < -0.3 is 10.1 Å². The van der Waals surface area contributed by atoms with Crippen molar-refractivity contribution in [3.63, 3.8) is 0 Å². The van der Waals surface area contributed by atoms with Crippen molar-refractivity contribution in [2.45, 2.75) is 12.8 Å². The first kappa shape index (κ1) is 12.6. The van der Waals surface area contributed by atoms with Gasteiger partial charge in [-0.1, -0.05) is 6.07 Å². The molecule has 0 aliphatic heterocycles. The highest BCUT2D eigenvalue weighted by Crippen LogP contribution is 2.32. The van der Waals surface area contributed by atoms with Gasteiger partial charge >= 0.3 is 5.97 Å². The van der Waals surface area contributed by atoms with Crippen LogP contribution in [0.2, 0.25) is 0 Å². The number of carbonyl (C=O) groups excluding carboxylic acids is 2. The minimum absolute atomic E-state index is 0.0165. The molecule has 1 aromatic carbocycles. The summed E-state index contributed by atoms with van der Waals surface area (Å²) < 4.78 is 4.76. The lowest BCUT2D eigenvalue weighted by Gasteiger charge is -2.10. The molecule has 0 bridgehead atoms. The Labute approximate surface area is 116 Å². The number of amides is 1. The normalized spacial score (nSPS) is 14.1. The molecule has 1 aromatic heterocycles. The first-order chi connectivity index (χ1) is 9.70. The number of hydrogen-bond acceptors (Lipinski definition) is 4. The largest absolute Gasteiger partial charge is 0.465 e. The molecule has 0 spiro atoms.